The van der Waals surface area contributed by atoms with Gasteiger partial charge in [-0.25, -0.2) is 0 Å². The van der Waals surface area contributed by atoms with Crippen molar-refractivity contribution in [2.45, 2.75) is 38.0 Å². The van der Waals surface area contributed by atoms with Gasteiger partial charge in [-0.3, -0.25) is 14.9 Å². The van der Waals surface area contributed by atoms with Gasteiger partial charge in [-0.1, -0.05) is 6.07 Å². The second kappa shape index (κ2) is 5.17. The number of aliphatic hydroxyl groups is 1. The van der Waals surface area contributed by atoms with Gasteiger partial charge in [-0.2, -0.15) is 0 Å². The van der Waals surface area contributed by atoms with Crippen molar-refractivity contribution in [2.75, 3.05) is 0 Å². The molecule has 1 N–H and O–H groups in total. The molecule has 1 aromatic carbocycles. The Morgan fingerprint density at radius 1 is 1.25 bits per heavy atom. The highest BCUT2D eigenvalue weighted by atomic mass is 16.6. The highest BCUT2D eigenvalue weighted by Crippen LogP contribution is 2.48. The first-order chi connectivity index (χ1) is 11.1. The van der Waals surface area contributed by atoms with E-state index in [-0.39, 0.29) is 11.2 Å². The van der Waals surface area contributed by atoms with Crippen LogP contribution in [-0.2, 0) is 0 Å². The summed E-state index contributed by atoms with van der Waals surface area (Å²) in [7, 11) is 0. The number of nitrogens with zero attached hydrogens (tertiary/aromatic N) is 2. The van der Waals surface area contributed by atoms with Crippen molar-refractivity contribution in [3.63, 3.8) is 0 Å². The van der Waals surface area contributed by atoms with E-state index in [9.17, 15) is 20.0 Å². The molecule has 0 saturated heterocycles. The van der Waals surface area contributed by atoms with Crippen molar-refractivity contribution in [1.29, 1.82) is 0 Å². The van der Waals surface area contributed by atoms with Gasteiger partial charge >= 0.3 is 0 Å². The highest BCUT2D eigenvalue weighted by Gasteiger charge is 2.54. The molecule has 0 spiro atoms. The summed E-state index contributed by atoms with van der Waals surface area (Å²) in [5.41, 5.74) is -2.50. The number of rotatable bonds is 2. The zero-order valence-electron chi connectivity index (χ0n) is 13.6. The molecule has 3 rings (SSSR count). The summed E-state index contributed by atoms with van der Waals surface area (Å²) < 4.78 is 7.25. The van der Waals surface area contributed by atoms with Crippen molar-refractivity contribution in [1.82, 2.24) is 4.57 Å². The van der Waals surface area contributed by atoms with Gasteiger partial charge in [-0.05, 0) is 32.9 Å². The number of aromatic nitrogens is 1. The number of ether oxygens (including phenoxy) is 1. The summed E-state index contributed by atoms with van der Waals surface area (Å²) in [6.45, 7) is 5.01. The maximum Gasteiger partial charge on any atom is 0.270 e. The maximum atomic E-state index is 12.3. The minimum atomic E-state index is -1.47. The molecule has 2 unspecified atom stereocenters. The molecule has 2 heterocycles. The molecule has 2 aromatic rings. The van der Waals surface area contributed by atoms with Crippen LogP contribution in [0, 0.1) is 10.1 Å². The minimum absolute atomic E-state index is 0.123. The number of benzene rings is 1. The third-order valence-corrected chi connectivity index (χ3v) is 4.74. The van der Waals surface area contributed by atoms with Crippen molar-refractivity contribution >= 4 is 5.69 Å². The number of hydrogen-bond donors (Lipinski definition) is 1. The third-order valence-electron chi connectivity index (χ3n) is 4.74. The summed E-state index contributed by atoms with van der Waals surface area (Å²) in [5, 5.41) is 22.3. The van der Waals surface area contributed by atoms with Gasteiger partial charge in [0, 0.05) is 30.0 Å². The van der Waals surface area contributed by atoms with Crippen LogP contribution < -0.4 is 10.3 Å². The standard InChI is InChI=1S/C17H18N2O5/c1-16(2)17(3,21)15(18-9-5-4-6-14(18)20)12-10-11(19(22)23)7-8-13(12)24-16/h4-10,15,21H,1-3H3. The number of fused-ring (bicyclic) bond motifs is 1. The largest absolute Gasteiger partial charge is 0.484 e. The Bertz CT molecular complexity index is 869. The molecule has 0 bridgehead atoms. The number of nitro groups is 1. The molecule has 24 heavy (non-hydrogen) atoms. The summed E-state index contributed by atoms with van der Waals surface area (Å²) >= 11 is 0. The molecule has 1 aromatic heterocycles. The van der Waals surface area contributed by atoms with Crippen LogP contribution in [0.25, 0.3) is 0 Å². The van der Waals surface area contributed by atoms with Gasteiger partial charge in [0.2, 0.25) is 0 Å². The maximum absolute atomic E-state index is 12.3. The van der Waals surface area contributed by atoms with E-state index in [2.05, 4.69) is 0 Å². The Morgan fingerprint density at radius 2 is 1.96 bits per heavy atom. The van der Waals surface area contributed by atoms with E-state index in [0.717, 1.165) is 0 Å². The summed E-state index contributed by atoms with van der Waals surface area (Å²) in [4.78, 5) is 22.9. The smallest absolute Gasteiger partial charge is 0.270 e. The first kappa shape index (κ1) is 16.2. The fraction of sp³-hybridized carbons (Fsp3) is 0.353. The van der Waals surface area contributed by atoms with Crippen LogP contribution >= 0.6 is 0 Å². The molecule has 2 atom stereocenters. The van der Waals surface area contributed by atoms with Crippen molar-refractivity contribution in [2.24, 2.45) is 0 Å². The average molecular weight is 330 g/mol. The van der Waals surface area contributed by atoms with Crippen LogP contribution in [0.15, 0.2) is 47.4 Å². The van der Waals surface area contributed by atoms with Crippen LogP contribution in [0.4, 0.5) is 5.69 Å². The van der Waals surface area contributed by atoms with E-state index in [1.807, 2.05) is 0 Å². The molecule has 0 amide bonds. The Labute approximate surface area is 138 Å². The molecule has 1 aliphatic rings. The van der Waals surface area contributed by atoms with Crippen LogP contribution in [0.2, 0.25) is 0 Å². The van der Waals surface area contributed by atoms with E-state index >= 15 is 0 Å². The Balaban J connectivity index is 2.32. The van der Waals surface area contributed by atoms with E-state index in [4.69, 9.17) is 4.74 Å². The van der Waals surface area contributed by atoms with Crippen LogP contribution in [0.3, 0.4) is 0 Å². The number of nitro benzene ring substituents is 1. The zero-order valence-corrected chi connectivity index (χ0v) is 13.6. The van der Waals surface area contributed by atoms with E-state index in [1.165, 1.54) is 28.8 Å². The number of pyridine rings is 1. The SMILES string of the molecule is CC1(C)Oc2ccc([N+](=O)[O-])cc2C(n2ccccc2=O)C1(C)O. The second-order valence-corrected chi connectivity index (χ2v) is 6.59. The highest BCUT2D eigenvalue weighted by molar-refractivity contribution is 5.49. The molecule has 1 aliphatic heterocycles. The zero-order chi connectivity index (χ0) is 17.7. The van der Waals surface area contributed by atoms with Crippen LogP contribution in [0.5, 0.6) is 5.75 Å². The van der Waals surface area contributed by atoms with Gasteiger partial charge in [0.15, 0.2) is 0 Å². The number of non-ortho nitro benzene ring substituents is 1. The molecule has 7 nitrogen and oxygen atoms in total. The summed E-state index contributed by atoms with van der Waals surface area (Å²) in [6, 6.07) is 8.05. The lowest BCUT2D eigenvalue weighted by molar-refractivity contribution is -0.385. The monoisotopic (exact) mass is 330 g/mol. The number of hydrogen-bond acceptors (Lipinski definition) is 5. The predicted octanol–water partition coefficient (Wildman–Crippen LogP) is 2.27. The predicted molar refractivity (Wildman–Crippen MR) is 87.3 cm³/mol. The molecule has 7 heteroatoms. The van der Waals surface area contributed by atoms with Gasteiger partial charge in [-0.15, -0.1) is 0 Å². The Kier molecular flexibility index (Phi) is 3.49. The Hall–Kier alpha value is -2.67. The molecule has 0 saturated carbocycles. The van der Waals surface area contributed by atoms with Gasteiger partial charge in [0.25, 0.3) is 11.2 Å². The molecule has 126 valence electrons. The fourth-order valence-electron chi connectivity index (χ4n) is 3.04. The minimum Gasteiger partial charge on any atom is -0.484 e. The molecular formula is C17H18N2O5. The first-order valence-electron chi connectivity index (χ1n) is 7.52. The third kappa shape index (κ3) is 2.28. The molecule has 0 radical (unpaired) electrons. The van der Waals surface area contributed by atoms with Crippen molar-refractivity contribution in [3.05, 3.63) is 68.6 Å². The normalized spacial score (nSPS) is 24.8. The lowest BCUT2D eigenvalue weighted by atomic mass is 9.75. The summed E-state index contributed by atoms with van der Waals surface area (Å²) in [5.74, 6) is 0.415. The van der Waals surface area contributed by atoms with Crippen LogP contribution in [0.1, 0.15) is 32.4 Å². The summed E-state index contributed by atoms with van der Waals surface area (Å²) in [6.07, 6.45) is 1.56. The van der Waals surface area contributed by atoms with Gasteiger partial charge < -0.3 is 14.4 Å². The average Bonchev–Trinajstić information content (AvgIpc) is 2.49. The Morgan fingerprint density at radius 3 is 2.58 bits per heavy atom. The van der Waals surface area contributed by atoms with Gasteiger partial charge in [0.1, 0.15) is 17.0 Å². The van der Waals surface area contributed by atoms with E-state index in [1.54, 1.807) is 39.1 Å². The topological polar surface area (TPSA) is 94.6 Å². The van der Waals surface area contributed by atoms with Crippen molar-refractivity contribution < 1.29 is 14.8 Å². The quantitative estimate of drug-likeness (QED) is 0.673. The fourth-order valence-corrected chi connectivity index (χ4v) is 3.04. The lowest BCUT2D eigenvalue weighted by Crippen LogP contribution is -2.60. The first-order valence-corrected chi connectivity index (χ1v) is 7.52. The van der Waals surface area contributed by atoms with E-state index in [0.29, 0.717) is 11.3 Å². The molecule has 0 aliphatic carbocycles. The lowest BCUT2D eigenvalue weighted by Gasteiger charge is -2.49. The van der Waals surface area contributed by atoms with Crippen molar-refractivity contribution in [3.8, 4) is 5.75 Å². The molecule has 0 fully saturated rings. The van der Waals surface area contributed by atoms with Gasteiger partial charge in [0.05, 0.1) is 11.0 Å². The second-order valence-electron chi connectivity index (χ2n) is 6.59. The van der Waals surface area contributed by atoms with Crippen LogP contribution in [-0.4, -0.2) is 25.8 Å². The molecular weight excluding hydrogens is 312 g/mol. The van der Waals surface area contributed by atoms with E-state index < -0.39 is 22.2 Å².